The molecule has 1 atom stereocenters. The van der Waals surface area contributed by atoms with Gasteiger partial charge in [-0.05, 0) is 54.7 Å². The standard InChI is InChI=1S/C18H29NO/c1-13(2)12-18(9-5-6-10-18)17(19)15-7-8-16(20-4)14(3)11-15/h7-8,11,13,17H,5-6,9-10,12,19H2,1-4H3. The van der Waals surface area contributed by atoms with Crippen LogP contribution < -0.4 is 10.5 Å². The molecule has 1 aliphatic carbocycles. The molecular formula is C18H29NO. The van der Waals surface area contributed by atoms with Gasteiger partial charge in [0.05, 0.1) is 7.11 Å². The number of methoxy groups -OCH3 is 1. The number of rotatable bonds is 5. The third-order valence-corrected chi connectivity index (χ3v) is 4.85. The van der Waals surface area contributed by atoms with E-state index in [4.69, 9.17) is 10.5 Å². The van der Waals surface area contributed by atoms with E-state index < -0.39 is 0 Å². The molecule has 1 saturated carbocycles. The number of ether oxygens (including phenoxy) is 1. The summed E-state index contributed by atoms with van der Waals surface area (Å²) < 4.78 is 5.35. The molecule has 0 aromatic heterocycles. The Morgan fingerprint density at radius 1 is 1.25 bits per heavy atom. The van der Waals surface area contributed by atoms with E-state index in [0.29, 0.717) is 11.3 Å². The largest absolute Gasteiger partial charge is 0.496 e. The van der Waals surface area contributed by atoms with E-state index in [0.717, 1.165) is 5.75 Å². The molecule has 2 nitrogen and oxygen atoms in total. The Morgan fingerprint density at radius 2 is 1.90 bits per heavy atom. The van der Waals surface area contributed by atoms with Crippen molar-refractivity contribution in [2.75, 3.05) is 7.11 Å². The molecule has 0 spiro atoms. The Labute approximate surface area is 123 Å². The molecule has 0 radical (unpaired) electrons. The van der Waals surface area contributed by atoms with E-state index in [-0.39, 0.29) is 6.04 Å². The van der Waals surface area contributed by atoms with Gasteiger partial charge in [0.15, 0.2) is 0 Å². The SMILES string of the molecule is COc1ccc(C(N)C2(CC(C)C)CCCC2)cc1C. The lowest BCUT2D eigenvalue weighted by Crippen LogP contribution is -2.33. The Kier molecular flexibility index (Phi) is 4.74. The van der Waals surface area contributed by atoms with E-state index in [9.17, 15) is 0 Å². The van der Waals surface area contributed by atoms with Crippen LogP contribution in [0.5, 0.6) is 5.75 Å². The second-order valence-corrected chi connectivity index (χ2v) is 6.87. The van der Waals surface area contributed by atoms with E-state index in [1.165, 1.54) is 43.2 Å². The number of hydrogen-bond donors (Lipinski definition) is 1. The van der Waals surface area contributed by atoms with E-state index in [1.807, 2.05) is 0 Å². The van der Waals surface area contributed by atoms with Crippen LogP contribution in [-0.4, -0.2) is 7.11 Å². The summed E-state index contributed by atoms with van der Waals surface area (Å²) >= 11 is 0. The van der Waals surface area contributed by atoms with Crippen LogP contribution in [0.2, 0.25) is 0 Å². The summed E-state index contributed by atoms with van der Waals surface area (Å²) in [5, 5.41) is 0. The zero-order chi connectivity index (χ0) is 14.8. The summed E-state index contributed by atoms with van der Waals surface area (Å²) in [4.78, 5) is 0. The van der Waals surface area contributed by atoms with E-state index in [1.54, 1.807) is 7.11 Å². The molecule has 0 amide bonds. The summed E-state index contributed by atoms with van der Waals surface area (Å²) in [6, 6.07) is 6.57. The second kappa shape index (κ2) is 6.17. The zero-order valence-corrected chi connectivity index (χ0v) is 13.4. The van der Waals surface area contributed by atoms with Crippen LogP contribution in [0.4, 0.5) is 0 Å². The number of aryl methyl sites for hydroxylation is 1. The van der Waals surface area contributed by atoms with Crippen LogP contribution in [0, 0.1) is 18.3 Å². The smallest absolute Gasteiger partial charge is 0.121 e. The van der Waals surface area contributed by atoms with Gasteiger partial charge in [0, 0.05) is 6.04 Å². The van der Waals surface area contributed by atoms with Crippen molar-refractivity contribution in [1.82, 2.24) is 0 Å². The van der Waals surface area contributed by atoms with Gasteiger partial charge >= 0.3 is 0 Å². The van der Waals surface area contributed by atoms with Crippen LogP contribution in [-0.2, 0) is 0 Å². The highest BCUT2D eigenvalue weighted by Gasteiger charge is 2.40. The van der Waals surface area contributed by atoms with Crippen molar-refractivity contribution < 1.29 is 4.74 Å². The molecule has 1 fully saturated rings. The minimum absolute atomic E-state index is 0.150. The minimum atomic E-state index is 0.150. The Bertz CT molecular complexity index is 447. The van der Waals surface area contributed by atoms with Gasteiger partial charge < -0.3 is 10.5 Å². The minimum Gasteiger partial charge on any atom is -0.496 e. The number of nitrogens with two attached hydrogens (primary N) is 1. The maximum atomic E-state index is 6.70. The highest BCUT2D eigenvalue weighted by atomic mass is 16.5. The third-order valence-electron chi connectivity index (χ3n) is 4.85. The number of benzene rings is 1. The van der Waals surface area contributed by atoms with Crippen LogP contribution in [0.3, 0.4) is 0 Å². The maximum absolute atomic E-state index is 6.70. The fourth-order valence-corrected chi connectivity index (χ4v) is 3.98. The van der Waals surface area contributed by atoms with Gasteiger partial charge in [-0.25, -0.2) is 0 Å². The molecule has 0 aliphatic heterocycles. The summed E-state index contributed by atoms with van der Waals surface area (Å²) in [6.45, 7) is 6.72. The van der Waals surface area contributed by atoms with Crippen LogP contribution in [0.1, 0.15) is 63.1 Å². The van der Waals surface area contributed by atoms with Crippen molar-refractivity contribution in [3.63, 3.8) is 0 Å². The van der Waals surface area contributed by atoms with Gasteiger partial charge in [-0.3, -0.25) is 0 Å². The second-order valence-electron chi connectivity index (χ2n) is 6.87. The van der Waals surface area contributed by atoms with Crippen LogP contribution in [0.15, 0.2) is 18.2 Å². The Morgan fingerprint density at radius 3 is 2.40 bits per heavy atom. The molecular weight excluding hydrogens is 246 g/mol. The highest BCUT2D eigenvalue weighted by molar-refractivity contribution is 5.38. The van der Waals surface area contributed by atoms with Crippen molar-refractivity contribution in [1.29, 1.82) is 0 Å². The molecule has 1 aromatic carbocycles. The summed E-state index contributed by atoms with van der Waals surface area (Å²) in [7, 11) is 1.72. The van der Waals surface area contributed by atoms with Gasteiger partial charge in [-0.2, -0.15) is 0 Å². The van der Waals surface area contributed by atoms with Gasteiger partial charge in [-0.15, -0.1) is 0 Å². The summed E-state index contributed by atoms with van der Waals surface area (Å²) in [5.74, 6) is 1.66. The predicted molar refractivity (Wildman–Crippen MR) is 85.0 cm³/mol. The van der Waals surface area contributed by atoms with Gasteiger partial charge in [-0.1, -0.05) is 38.8 Å². The molecule has 0 bridgehead atoms. The molecule has 1 unspecified atom stereocenters. The lowest BCUT2D eigenvalue weighted by Gasteiger charge is -2.37. The summed E-state index contributed by atoms with van der Waals surface area (Å²) in [6.07, 6.45) is 6.44. The Balaban J connectivity index is 2.27. The average Bonchev–Trinajstić information content (AvgIpc) is 2.86. The normalized spacial score (nSPS) is 19.3. The molecule has 2 N–H and O–H groups in total. The quantitative estimate of drug-likeness (QED) is 0.851. The maximum Gasteiger partial charge on any atom is 0.121 e. The molecule has 0 heterocycles. The molecule has 1 aliphatic rings. The highest BCUT2D eigenvalue weighted by Crippen LogP contribution is 2.50. The summed E-state index contributed by atoms with van der Waals surface area (Å²) in [5.41, 5.74) is 9.45. The third kappa shape index (κ3) is 3.01. The van der Waals surface area contributed by atoms with Crippen molar-refractivity contribution in [3.8, 4) is 5.75 Å². The lowest BCUT2D eigenvalue weighted by molar-refractivity contribution is 0.183. The van der Waals surface area contributed by atoms with Crippen molar-refractivity contribution in [2.24, 2.45) is 17.1 Å². The van der Waals surface area contributed by atoms with E-state index >= 15 is 0 Å². The van der Waals surface area contributed by atoms with Crippen LogP contribution >= 0.6 is 0 Å². The van der Waals surface area contributed by atoms with Crippen molar-refractivity contribution in [3.05, 3.63) is 29.3 Å². The first kappa shape index (κ1) is 15.4. The van der Waals surface area contributed by atoms with Gasteiger partial charge in [0.1, 0.15) is 5.75 Å². The molecule has 20 heavy (non-hydrogen) atoms. The fraction of sp³-hybridized carbons (Fsp3) is 0.667. The number of hydrogen-bond acceptors (Lipinski definition) is 2. The molecule has 1 aromatic rings. The zero-order valence-electron chi connectivity index (χ0n) is 13.4. The van der Waals surface area contributed by atoms with Crippen molar-refractivity contribution in [2.45, 2.75) is 58.9 Å². The first-order chi connectivity index (χ1) is 9.48. The predicted octanol–water partition coefficient (Wildman–Crippen LogP) is 4.61. The Hall–Kier alpha value is -1.02. The fourth-order valence-electron chi connectivity index (χ4n) is 3.98. The first-order valence-corrected chi connectivity index (χ1v) is 7.88. The molecule has 2 heteroatoms. The molecule has 2 rings (SSSR count). The van der Waals surface area contributed by atoms with Gasteiger partial charge in [0.2, 0.25) is 0 Å². The molecule has 0 saturated heterocycles. The monoisotopic (exact) mass is 275 g/mol. The van der Waals surface area contributed by atoms with E-state index in [2.05, 4.69) is 39.0 Å². The van der Waals surface area contributed by atoms with Crippen LogP contribution in [0.25, 0.3) is 0 Å². The lowest BCUT2D eigenvalue weighted by atomic mass is 9.70. The van der Waals surface area contributed by atoms with Crippen molar-refractivity contribution >= 4 is 0 Å². The average molecular weight is 275 g/mol. The topological polar surface area (TPSA) is 35.2 Å². The molecule has 112 valence electrons. The first-order valence-electron chi connectivity index (χ1n) is 7.88. The van der Waals surface area contributed by atoms with Gasteiger partial charge in [0.25, 0.3) is 0 Å².